The monoisotopic (exact) mass is 369 g/mol. The molecule has 1 fully saturated rings. The molecular formula is C12H19NO6S3. The van der Waals surface area contributed by atoms with Crippen LogP contribution in [-0.4, -0.2) is 66.7 Å². The van der Waals surface area contributed by atoms with Gasteiger partial charge in [0.1, 0.15) is 4.21 Å². The second-order valence-electron chi connectivity index (χ2n) is 5.01. The van der Waals surface area contributed by atoms with E-state index in [1.54, 1.807) is 11.4 Å². The molecule has 1 aliphatic rings. The highest BCUT2D eigenvalue weighted by molar-refractivity contribution is 7.97. The Hall–Kier alpha value is -0.520. The molecule has 2 rings (SSSR count). The zero-order valence-corrected chi connectivity index (χ0v) is 14.7. The normalized spacial score (nSPS) is 24.9. The van der Waals surface area contributed by atoms with E-state index < -0.39 is 37.3 Å². The summed E-state index contributed by atoms with van der Waals surface area (Å²) in [5.74, 6) is -0.571. The first kappa shape index (κ1) is 17.8. The topological polar surface area (TPSA) is 98.8 Å². The lowest BCUT2D eigenvalue weighted by Gasteiger charge is -2.21. The molecule has 1 aliphatic heterocycles. The highest BCUT2D eigenvalue weighted by Crippen LogP contribution is 2.28. The minimum absolute atomic E-state index is 0.191. The Morgan fingerprint density at radius 2 is 2.05 bits per heavy atom. The smallest absolute Gasteiger partial charge is 0.193 e. The van der Waals surface area contributed by atoms with Gasteiger partial charge in [-0.05, 0) is 11.4 Å². The first-order chi connectivity index (χ1) is 10.3. The molecule has 2 heterocycles. The highest BCUT2D eigenvalue weighted by atomic mass is 32.2. The Balaban J connectivity index is 2.20. The van der Waals surface area contributed by atoms with Gasteiger partial charge in [0.05, 0.1) is 16.8 Å². The van der Waals surface area contributed by atoms with Gasteiger partial charge in [-0.15, -0.1) is 11.3 Å². The number of thiophene rings is 1. The molecule has 0 spiro atoms. The zero-order chi connectivity index (χ0) is 16.4. The average molecular weight is 369 g/mol. The van der Waals surface area contributed by atoms with E-state index in [2.05, 4.69) is 5.32 Å². The molecule has 22 heavy (non-hydrogen) atoms. The van der Waals surface area contributed by atoms with Crippen LogP contribution in [0.15, 0.2) is 21.7 Å². The third-order valence-electron chi connectivity index (χ3n) is 3.55. The first-order valence-electron chi connectivity index (χ1n) is 6.57. The standard InChI is InChI=1S/C12H19NO6S3/c1-18-11(19-2)6-13-9-7-21(14,15)8-10(9)22(16,17)12-4-3-5-20-12/h3-5,9-11,13H,6-8H2,1-2H3/t9-,10-/m0/s1. The maximum Gasteiger partial charge on any atom is 0.193 e. The van der Waals surface area contributed by atoms with Gasteiger partial charge < -0.3 is 14.8 Å². The van der Waals surface area contributed by atoms with Gasteiger partial charge in [0.25, 0.3) is 0 Å². The SMILES string of the molecule is COC(CN[C@H]1CS(=O)(=O)C[C@@H]1S(=O)(=O)c1cccs1)OC. The van der Waals surface area contributed by atoms with E-state index in [-0.39, 0.29) is 22.3 Å². The highest BCUT2D eigenvalue weighted by Gasteiger charge is 2.46. The lowest BCUT2D eigenvalue weighted by Crippen LogP contribution is -2.46. The summed E-state index contributed by atoms with van der Waals surface area (Å²) in [6.45, 7) is 0.212. The minimum Gasteiger partial charge on any atom is -0.355 e. The fraction of sp³-hybridized carbons (Fsp3) is 0.667. The van der Waals surface area contributed by atoms with Crippen molar-refractivity contribution in [3.8, 4) is 0 Å². The number of rotatable bonds is 7. The molecule has 0 amide bonds. The molecule has 0 aliphatic carbocycles. The third kappa shape index (κ3) is 3.87. The maximum atomic E-state index is 12.6. The Morgan fingerprint density at radius 3 is 2.59 bits per heavy atom. The van der Waals surface area contributed by atoms with Gasteiger partial charge in [-0.25, -0.2) is 16.8 Å². The molecule has 0 saturated carbocycles. The van der Waals surface area contributed by atoms with Gasteiger partial charge in [-0.3, -0.25) is 0 Å². The van der Waals surface area contributed by atoms with E-state index in [0.717, 1.165) is 11.3 Å². The lowest BCUT2D eigenvalue weighted by atomic mass is 10.2. The van der Waals surface area contributed by atoms with Crippen molar-refractivity contribution >= 4 is 31.0 Å². The van der Waals surface area contributed by atoms with Crippen LogP contribution in [0.2, 0.25) is 0 Å². The van der Waals surface area contributed by atoms with Gasteiger partial charge >= 0.3 is 0 Å². The largest absolute Gasteiger partial charge is 0.355 e. The quantitative estimate of drug-likeness (QED) is 0.670. The Labute approximate surface area is 134 Å². The molecule has 1 saturated heterocycles. The van der Waals surface area contributed by atoms with Gasteiger partial charge in [0, 0.05) is 26.8 Å². The van der Waals surface area contributed by atoms with Crippen molar-refractivity contribution < 1.29 is 26.3 Å². The summed E-state index contributed by atoms with van der Waals surface area (Å²) in [7, 11) is -4.16. The molecule has 1 N–H and O–H groups in total. The van der Waals surface area contributed by atoms with Crippen molar-refractivity contribution in [1.82, 2.24) is 5.32 Å². The Morgan fingerprint density at radius 1 is 1.36 bits per heavy atom. The summed E-state index contributed by atoms with van der Waals surface area (Å²) >= 11 is 1.09. The van der Waals surface area contributed by atoms with Crippen LogP contribution >= 0.6 is 11.3 Å². The molecule has 7 nitrogen and oxygen atoms in total. The summed E-state index contributed by atoms with van der Waals surface area (Å²) in [6, 6.07) is 2.45. The van der Waals surface area contributed by atoms with Crippen LogP contribution < -0.4 is 5.32 Å². The van der Waals surface area contributed by atoms with Crippen LogP contribution in [0.1, 0.15) is 0 Å². The van der Waals surface area contributed by atoms with E-state index >= 15 is 0 Å². The van der Waals surface area contributed by atoms with E-state index in [4.69, 9.17) is 9.47 Å². The predicted octanol–water partition coefficient (Wildman–Crippen LogP) is -0.104. The van der Waals surface area contributed by atoms with E-state index in [9.17, 15) is 16.8 Å². The number of nitrogens with one attached hydrogen (secondary N) is 1. The van der Waals surface area contributed by atoms with Crippen molar-refractivity contribution in [2.24, 2.45) is 0 Å². The van der Waals surface area contributed by atoms with Crippen molar-refractivity contribution in [1.29, 1.82) is 0 Å². The summed E-state index contributed by atoms with van der Waals surface area (Å²) in [5, 5.41) is 3.62. The van der Waals surface area contributed by atoms with Gasteiger partial charge in [0.2, 0.25) is 0 Å². The van der Waals surface area contributed by atoms with Crippen LogP contribution in [0.25, 0.3) is 0 Å². The number of methoxy groups -OCH3 is 2. The van der Waals surface area contributed by atoms with Crippen molar-refractivity contribution in [3.63, 3.8) is 0 Å². The fourth-order valence-electron chi connectivity index (χ4n) is 2.40. The molecule has 126 valence electrons. The lowest BCUT2D eigenvalue weighted by molar-refractivity contribution is -0.0995. The number of ether oxygens (including phenoxy) is 2. The van der Waals surface area contributed by atoms with Crippen molar-refractivity contribution in [2.75, 3.05) is 32.3 Å². The van der Waals surface area contributed by atoms with Crippen LogP contribution in [0.3, 0.4) is 0 Å². The average Bonchev–Trinajstić information content (AvgIpc) is 3.08. The van der Waals surface area contributed by atoms with E-state index in [1.807, 2.05) is 0 Å². The molecule has 1 aromatic rings. The zero-order valence-electron chi connectivity index (χ0n) is 12.3. The summed E-state index contributed by atoms with van der Waals surface area (Å²) < 4.78 is 59.3. The van der Waals surface area contributed by atoms with E-state index in [1.165, 1.54) is 20.3 Å². The molecule has 0 radical (unpaired) electrons. The molecular weight excluding hydrogens is 350 g/mol. The van der Waals surface area contributed by atoms with E-state index in [0.29, 0.717) is 0 Å². The molecule has 10 heteroatoms. The van der Waals surface area contributed by atoms with Crippen molar-refractivity contribution in [3.05, 3.63) is 17.5 Å². The van der Waals surface area contributed by atoms with Gasteiger partial charge in [0.15, 0.2) is 26.0 Å². The Kier molecular flexibility index (Phi) is 5.62. The Bertz CT molecular complexity index is 678. The third-order valence-corrected chi connectivity index (χ3v) is 9.13. The fourth-order valence-corrected chi connectivity index (χ4v) is 8.34. The van der Waals surface area contributed by atoms with Crippen LogP contribution in [0, 0.1) is 0 Å². The predicted molar refractivity (Wildman–Crippen MR) is 83.5 cm³/mol. The summed E-state index contributed by atoms with van der Waals surface area (Å²) in [4.78, 5) is 0. The van der Waals surface area contributed by atoms with Crippen LogP contribution in [-0.2, 0) is 29.1 Å². The van der Waals surface area contributed by atoms with Crippen LogP contribution in [0.4, 0.5) is 0 Å². The second-order valence-corrected chi connectivity index (χ2v) is 10.5. The summed E-state index contributed by atoms with van der Waals surface area (Å²) in [5.41, 5.74) is 0. The maximum absolute atomic E-state index is 12.6. The summed E-state index contributed by atoms with van der Waals surface area (Å²) in [6.07, 6.45) is -0.562. The number of hydrogen-bond donors (Lipinski definition) is 1. The van der Waals surface area contributed by atoms with Gasteiger partial charge in [-0.2, -0.15) is 0 Å². The molecule has 1 aromatic heterocycles. The molecule has 0 aromatic carbocycles. The minimum atomic E-state index is -3.68. The number of sulfone groups is 2. The van der Waals surface area contributed by atoms with Crippen molar-refractivity contribution in [2.45, 2.75) is 21.8 Å². The van der Waals surface area contributed by atoms with Crippen LogP contribution in [0.5, 0.6) is 0 Å². The molecule has 0 unspecified atom stereocenters. The molecule has 0 bridgehead atoms. The first-order valence-corrected chi connectivity index (χ1v) is 10.8. The molecule has 2 atom stereocenters. The van der Waals surface area contributed by atoms with Gasteiger partial charge in [-0.1, -0.05) is 6.07 Å². The second kappa shape index (κ2) is 6.93. The number of hydrogen-bond acceptors (Lipinski definition) is 8.